The van der Waals surface area contributed by atoms with E-state index in [1.165, 1.54) is 25.3 Å². The number of benzene rings is 2. The molecule has 0 radical (unpaired) electrons. The number of aromatic nitrogens is 2. The molecule has 2 N–H and O–H groups in total. The van der Waals surface area contributed by atoms with Crippen LogP contribution in [0.4, 0.5) is 15.2 Å². The summed E-state index contributed by atoms with van der Waals surface area (Å²) in [6.45, 7) is 0. The molecule has 0 saturated carbocycles. The highest BCUT2D eigenvalue weighted by atomic mass is 32.2. The second kappa shape index (κ2) is 9.94. The highest BCUT2D eigenvalue weighted by Crippen LogP contribution is 2.26. The SMILES string of the molecule is COC(=O)c1ccc(NC(=O)CSc2nnc(NC(=O)c3ccccc3F)s2)cc1. The lowest BCUT2D eigenvalue weighted by Crippen LogP contribution is -2.14. The van der Waals surface area contributed by atoms with Gasteiger partial charge in [-0.3, -0.25) is 14.9 Å². The standard InChI is InChI=1S/C19H15FN4O4S2/c1-28-17(27)11-6-8-12(9-7-11)21-15(25)10-29-19-24-23-18(30-19)22-16(26)13-4-2-3-5-14(13)20/h2-9H,10H2,1H3,(H,21,25)(H,22,23,26). The fourth-order valence-corrected chi connectivity index (χ4v) is 3.81. The van der Waals surface area contributed by atoms with Crippen LogP contribution in [0.1, 0.15) is 20.7 Å². The molecule has 0 aliphatic heterocycles. The Kier molecular flexibility index (Phi) is 7.09. The minimum absolute atomic E-state index is 0.0641. The molecule has 0 fully saturated rings. The predicted molar refractivity (Wildman–Crippen MR) is 111 cm³/mol. The third-order valence-electron chi connectivity index (χ3n) is 3.66. The molecule has 0 atom stereocenters. The molecule has 30 heavy (non-hydrogen) atoms. The molecule has 0 aliphatic carbocycles. The first kappa shape index (κ1) is 21.4. The van der Waals surface area contributed by atoms with Crippen LogP contribution in [0, 0.1) is 5.82 Å². The van der Waals surface area contributed by atoms with Crippen LogP contribution in [-0.4, -0.2) is 40.8 Å². The number of carbonyl (C=O) groups excluding carboxylic acids is 3. The van der Waals surface area contributed by atoms with Gasteiger partial charge in [-0.2, -0.15) is 0 Å². The lowest BCUT2D eigenvalue weighted by Gasteiger charge is -2.05. The second-order valence-electron chi connectivity index (χ2n) is 5.71. The molecule has 3 rings (SSSR count). The van der Waals surface area contributed by atoms with E-state index >= 15 is 0 Å². The molecular weight excluding hydrogens is 431 g/mol. The molecular formula is C19H15FN4O4S2. The molecule has 0 spiro atoms. The van der Waals surface area contributed by atoms with Crippen LogP contribution in [-0.2, 0) is 9.53 Å². The first-order chi connectivity index (χ1) is 14.5. The number of nitrogens with zero attached hydrogens (tertiary/aromatic N) is 2. The maximum absolute atomic E-state index is 13.7. The Labute approximate surface area is 178 Å². The van der Waals surface area contributed by atoms with Gasteiger partial charge in [-0.15, -0.1) is 10.2 Å². The summed E-state index contributed by atoms with van der Waals surface area (Å²) in [4.78, 5) is 35.6. The Morgan fingerprint density at radius 1 is 1.07 bits per heavy atom. The van der Waals surface area contributed by atoms with Crippen molar-refractivity contribution >= 4 is 51.7 Å². The number of esters is 1. The number of ether oxygens (including phenoxy) is 1. The largest absolute Gasteiger partial charge is 0.465 e. The Hall–Kier alpha value is -3.31. The van der Waals surface area contributed by atoms with Gasteiger partial charge in [0.2, 0.25) is 11.0 Å². The topological polar surface area (TPSA) is 110 Å². The Balaban J connectivity index is 1.50. The molecule has 1 aromatic heterocycles. The number of hydrogen-bond acceptors (Lipinski definition) is 8. The number of nitrogens with one attached hydrogen (secondary N) is 2. The molecule has 8 nitrogen and oxygen atoms in total. The quantitative estimate of drug-likeness (QED) is 0.325. The summed E-state index contributed by atoms with van der Waals surface area (Å²) in [5, 5.41) is 13.1. The normalized spacial score (nSPS) is 10.3. The van der Waals surface area contributed by atoms with E-state index in [2.05, 4.69) is 25.6 Å². The molecule has 0 unspecified atom stereocenters. The van der Waals surface area contributed by atoms with Gasteiger partial charge in [0, 0.05) is 5.69 Å². The number of hydrogen-bond donors (Lipinski definition) is 2. The van der Waals surface area contributed by atoms with Crippen LogP contribution in [0.2, 0.25) is 0 Å². The number of thioether (sulfide) groups is 1. The summed E-state index contributed by atoms with van der Waals surface area (Å²) >= 11 is 2.21. The van der Waals surface area contributed by atoms with Crippen molar-refractivity contribution in [3.63, 3.8) is 0 Å². The molecule has 0 aliphatic rings. The van der Waals surface area contributed by atoms with E-state index in [1.54, 1.807) is 30.3 Å². The van der Waals surface area contributed by atoms with Crippen LogP contribution >= 0.6 is 23.1 Å². The van der Waals surface area contributed by atoms with Crippen LogP contribution in [0.3, 0.4) is 0 Å². The highest BCUT2D eigenvalue weighted by molar-refractivity contribution is 8.01. The Morgan fingerprint density at radius 3 is 2.50 bits per heavy atom. The summed E-state index contributed by atoms with van der Waals surface area (Å²) in [6, 6.07) is 11.9. The van der Waals surface area contributed by atoms with Gasteiger partial charge < -0.3 is 10.1 Å². The van der Waals surface area contributed by atoms with Gasteiger partial charge in [-0.1, -0.05) is 35.2 Å². The number of amides is 2. The van der Waals surface area contributed by atoms with Crippen molar-refractivity contribution in [2.45, 2.75) is 4.34 Å². The maximum atomic E-state index is 13.7. The number of rotatable bonds is 7. The molecule has 3 aromatic rings. The summed E-state index contributed by atoms with van der Waals surface area (Å²) in [5.74, 6) is -1.94. The second-order valence-corrected chi connectivity index (χ2v) is 7.91. The van der Waals surface area contributed by atoms with Crippen molar-refractivity contribution in [1.29, 1.82) is 0 Å². The molecule has 2 amide bonds. The first-order valence-corrected chi connectivity index (χ1v) is 10.3. The van der Waals surface area contributed by atoms with Gasteiger partial charge in [0.15, 0.2) is 4.34 Å². The van der Waals surface area contributed by atoms with E-state index in [1.807, 2.05) is 0 Å². The van der Waals surface area contributed by atoms with Gasteiger partial charge >= 0.3 is 5.97 Å². The Bertz CT molecular complexity index is 1070. The highest BCUT2D eigenvalue weighted by Gasteiger charge is 2.14. The van der Waals surface area contributed by atoms with Crippen LogP contribution in [0.25, 0.3) is 0 Å². The van der Waals surface area contributed by atoms with Crippen molar-refractivity contribution in [3.05, 3.63) is 65.5 Å². The molecule has 2 aromatic carbocycles. The maximum Gasteiger partial charge on any atom is 0.337 e. The van der Waals surface area contributed by atoms with Gasteiger partial charge in [0.1, 0.15) is 5.82 Å². The molecule has 154 valence electrons. The van der Waals surface area contributed by atoms with Gasteiger partial charge in [-0.05, 0) is 36.4 Å². The van der Waals surface area contributed by atoms with E-state index < -0.39 is 17.7 Å². The monoisotopic (exact) mass is 446 g/mol. The minimum Gasteiger partial charge on any atom is -0.465 e. The first-order valence-electron chi connectivity index (χ1n) is 8.46. The lowest BCUT2D eigenvalue weighted by atomic mass is 10.2. The molecule has 0 bridgehead atoms. The predicted octanol–water partition coefficient (Wildman–Crippen LogP) is 3.45. The van der Waals surface area contributed by atoms with Crippen LogP contribution < -0.4 is 10.6 Å². The van der Waals surface area contributed by atoms with Gasteiger partial charge in [-0.25, -0.2) is 9.18 Å². The van der Waals surface area contributed by atoms with Crippen LogP contribution in [0.15, 0.2) is 52.9 Å². The van der Waals surface area contributed by atoms with E-state index in [0.29, 0.717) is 15.6 Å². The number of anilines is 2. The van der Waals surface area contributed by atoms with E-state index in [0.717, 1.165) is 23.1 Å². The smallest absolute Gasteiger partial charge is 0.337 e. The molecule has 1 heterocycles. The number of carbonyl (C=O) groups is 3. The minimum atomic E-state index is -0.634. The van der Waals surface area contributed by atoms with Gasteiger partial charge in [0.25, 0.3) is 5.91 Å². The van der Waals surface area contributed by atoms with Crippen molar-refractivity contribution in [1.82, 2.24) is 10.2 Å². The Morgan fingerprint density at radius 2 is 1.80 bits per heavy atom. The van der Waals surface area contributed by atoms with Crippen molar-refractivity contribution in [2.24, 2.45) is 0 Å². The fourth-order valence-electron chi connectivity index (χ4n) is 2.26. The van der Waals surface area contributed by atoms with E-state index in [-0.39, 0.29) is 22.4 Å². The third-order valence-corrected chi connectivity index (χ3v) is 5.63. The summed E-state index contributed by atoms with van der Waals surface area (Å²) < 4.78 is 18.7. The average Bonchev–Trinajstić information content (AvgIpc) is 3.19. The van der Waals surface area contributed by atoms with Crippen LogP contribution in [0.5, 0.6) is 0 Å². The summed E-state index contributed by atoms with van der Waals surface area (Å²) in [7, 11) is 1.29. The van der Waals surface area contributed by atoms with Crippen molar-refractivity contribution in [3.8, 4) is 0 Å². The van der Waals surface area contributed by atoms with E-state index in [4.69, 9.17) is 0 Å². The average molecular weight is 446 g/mol. The van der Waals surface area contributed by atoms with Gasteiger partial charge in [0.05, 0.1) is 24.0 Å². The summed E-state index contributed by atoms with van der Waals surface area (Å²) in [5.41, 5.74) is 0.812. The summed E-state index contributed by atoms with van der Waals surface area (Å²) in [6.07, 6.45) is 0. The fraction of sp³-hybridized carbons (Fsp3) is 0.105. The van der Waals surface area contributed by atoms with Crippen molar-refractivity contribution < 1.29 is 23.5 Å². The zero-order chi connectivity index (χ0) is 21.5. The lowest BCUT2D eigenvalue weighted by molar-refractivity contribution is -0.113. The molecule has 11 heteroatoms. The molecule has 0 saturated heterocycles. The van der Waals surface area contributed by atoms with E-state index in [9.17, 15) is 18.8 Å². The third kappa shape index (κ3) is 5.61. The van der Waals surface area contributed by atoms with Crippen molar-refractivity contribution in [2.75, 3.05) is 23.5 Å². The number of methoxy groups -OCH3 is 1. The zero-order valence-electron chi connectivity index (χ0n) is 15.5. The zero-order valence-corrected chi connectivity index (χ0v) is 17.2. The number of halogens is 1.